The Balaban J connectivity index is 1.95. The number of hydrogen-bond donors (Lipinski definition) is 1. The van der Waals surface area contributed by atoms with E-state index in [9.17, 15) is 0 Å². The molecule has 0 unspecified atom stereocenters. The van der Waals surface area contributed by atoms with Crippen molar-refractivity contribution in [3.63, 3.8) is 0 Å². The van der Waals surface area contributed by atoms with Crippen LogP contribution in [0.2, 0.25) is 5.02 Å². The summed E-state index contributed by atoms with van der Waals surface area (Å²) < 4.78 is 1.66. The summed E-state index contributed by atoms with van der Waals surface area (Å²) in [5.41, 5.74) is 10.2. The molecule has 1 heterocycles. The second-order valence-electron chi connectivity index (χ2n) is 4.81. The SMILES string of the molecule is CCc1ccc(-c2cn(-c3ccc(N)cc3Cl)nn2)cc1. The molecule has 106 valence electrons. The molecular weight excluding hydrogens is 284 g/mol. The fourth-order valence-corrected chi connectivity index (χ4v) is 2.41. The first kappa shape index (κ1) is 13.6. The predicted molar refractivity (Wildman–Crippen MR) is 85.6 cm³/mol. The first-order chi connectivity index (χ1) is 10.2. The minimum absolute atomic E-state index is 0.549. The van der Waals surface area contributed by atoms with Crippen molar-refractivity contribution in [1.82, 2.24) is 15.0 Å². The smallest absolute Gasteiger partial charge is 0.113 e. The molecule has 0 aliphatic carbocycles. The molecule has 2 aromatic carbocycles. The van der Waals surface area contributed by atoms with Crippen molar-refractivity contribution in [3.8, 4) is 16.9 Å². The normalized spacial score (nSPS) is 10.8. The number of rotatable bonds is 3. The van der Waals surface area contributed by atoms with Crippen LogP contribution in [0, 0.1) is 0 Å². The first-order valence-electron chi connectivity index (χ1n) is 6.74. The number of hydrogen-bond acceptors (Lipinski definition) is 3. The van der Waals surface area contributed by atoms with Crippen LogP contribution in [-0.4, -0.2) is 15.0 Å². The zero-order valence-electron chi connectivity index (χ0n) is 11.6. The molecule has 0 fully saturated rings. The van der Waals surface area contributed by atoms with E-state index >= 15 is 0 Å². The summed E-state index contributed by atoms with van der Waals surface area (Å²) in [7, 11) is 0. The zero-order chi connectivity index (χ0) is 14.8. The predicted octanol–water partition coefficient (Wildman–Crippen LogP) is 3.73. The Morgan fingerprint density at radius 2 is 1.90 bits per heavy atom. The third-order valence-corrected chi connectivity index (χ3v) is 3.67. The monoisotopic (exact) mass is 298 g/mol. The number of nitrogens with two attached hydrogens (primary N) is 1. The molecule has 2 N–H and O–H groups in total. The number of nitrogen functional groups attached to an aromatic ring is 1. The Bertz CT molecular complexity index is 762. The average Bonchev–Trinajstić information content (AvgIpc) is 2.97. The number of nitrogens with zero attached hydrogens (tertiary/aromatic N) is 3. The molecule has 3 aromatic rings. The van der Waals surface area contributed by atoms with Gasteiger partial charge in [0.15, 0.2) is 0 Å². The van der Waals surface area contributed by atoms with Gasteiger partial charge in [-0.15, -0.1) is 5.10 Å². The van der Waals surface area contributed by atoms with E-state index in [1.807, 2.05) is 12.3 Å². The summed E-state index contributed by atoms with van der Waals surface area (Å²) >= 11 is 6.19. The van der Waals surface area contributed by atoms with Gasteiger partial charge in [0.1, 0.15) is 5.69 Å². The molecule has 0 saturated heterocycles. The van der Waals surface area contributed by atoms with Crippen molar-refractivity contribution in [2.75, 3.05) is 5.73 Å². The number of halogens is 1. The highest BCUT2D eigenvalue weighted by molar-refractivity contribution is 6.32. The van der Waals surface area contributed by atoms with Crippen LogP contribution in [0.1, 0.15) is 12.5 Å². The molecule has 4 nitrogen and oxygen atoms in total. The van der Waals surface area contributed by atoms with Crippen molar-refractivity contribution < 1.29 is 0 Å². The van der Waals surface area contributed by atoms with Crippen molar-refractivity contribution in [1.29, 1.82) is 0 Å². The van der Waals surface area contributed by atoms with Gasteiger partial charge < -0.3 is 5.73 Å². The fraction of sp³-hybridized carbons (Fsp3) is 0.125. The van der Waals surface area contributed by atoms with E-state index in [0.717, 1.165) is 23.4 Å². The molecular formula is C16H15ClN4. The van der Waals surface area contributed by atoms with Crippen LogP contribution in [0.4, 0.5) is 5.69 Å². The molecule has 0 atom stereocenters. The summed E-state index contributed by atoms with van der Waals surface area (Å²) in [6.45, 7) is 2.13. The molecule has 1 aromatic heterocycles. The third-order valence-electron chi connectivity index (χ3n) is 3.37. The summed E-state index contributed by atoms with van der Waals surface area (Å²) in [5, 5.41) is 8.89. The van der Waals surface area contributed by atoms with Gasteiger partial charge in [0, 0.05) is 11.3 Å². The van der Waals surface area contributed by atoms with Crippen LogP contribution >= 0.6 is 11.6 Å². The van der Waals surface area contributed by atoms with Crippen molar-refractivity contribution in [2.24, 2.45) is 0 Å². The standard InChI is InChI=1S/C16H15ClN4/c1-2-11-3-5-12(6-4-11)15-10-21(20-19-15)16-8-7-13(18)9-14(16)17/h3-10H,2,18H2,1H3. The lowest BCUT2D eigenvalue weighted by molar-refractivity contribution is 0.804. The molecule has 21 heavy (non-hydrogen) atoms. The maximum absolute atomic E-state index is 6.19. The van der Waals surface area contributed by atoms with E-state index in [1.54, 1.807) is 16.8 Å². The molecule has 0 aliphatic rings. The van der Waals surface area contributed by atoms with Crippen molar-refractivity contribution in [2.45, 2.75) is 13.3 Å². The summed E-state index contributed by atoms with van der Waals surface area (Å²) in [4.78, 5) is 0. The molecule has 0 amide bonds. The Kier molecular flexibility index (Phi) is 3.62. The van der Waals surface area contributed by atoms with Gasteiger partial charge in [0.2, 0.25) is 0 Å². The van der Waals surface area contributed by atoms with Gasteiger partial charge in [-0.05, 0) is 30.2 Å². The molecule has 0 saturated carbocycles. The topological polar surface area (TPSA) is 56.7 Å². The van der Waals surface area contributed by atoms with Crippen LogP contribution in [0.3, 0.4) is 0 Å². The lowest BCUT2D eigenvalue weighted by Crippen LogP contribution is -1.96. The van der Waals surface area contributed by atoms with Crippen molar-refractivity contribution in [3.05, 3.63) is 59.2 Å². The summed E-state index contributed by atoms with van der Waals surface area (Å²) in [5.74, 6) is 0. The van der Waals surface area contributed by atoms with Gasteiger partial charge in [0.25, 0.3) is 0 Å². The van der Waals surface area contributed by atoms with E-state index < -0.39 is 0 Å². The second-order valence-corrected chi connectivity index (χ2v) is 5.22. The number of aromatic nitrogens is 3. The van der Waals surface area contributed by atoms with Crippen molar-refractivity contribution >= 4 is 17.3 Å². The highest BCUT2D eigenvalue weighted by Gasteiger charge is 2.08. The van der Waals surface area contributed by atoms with Crippen LogP contribution in [0.15, 0.2) is 48.7 Å². The fourth-order valence-electron chi connectivity index (χ4n) is 2.13. The van der Waals surface area contributed by atoms with Gasteiger partial charge in [0.05, 0.1) is 16.9 Å². The molecule has 0 spiro atoms. The second kappa shape index (κ2) is 5.58. The molecule has 3 rings (SSSR count). The van der Waals surface area contributed by atoms with Crippen LogP contribution in [-0.2, 0) is 6.42 Å². The van der Waals surface area contributed by atoms with Crippen LogP contribution in [0.5, 0.6) is 0 Å². The van der Waals surface area contributed by atoms with Gasteiger partial charge in [-0.3, -0.25) is 0 Å². The summed E-state index contributed by atoms with van der Waals surface area (Å²) in [6.07, 6.45) is 2.88. The van der Waals surface area contributed by atoms with Crippen LogP contribution in [0.25, 0.3) is 16.9 Å². The van der Waals surface area contributed by atoms with Crippen LogP contribution < -0.4 is 5.73 Å². The summed E-state index contributed by atoms with van der Waals surface area (Å²) in [6, 6.07) is 13.6. The van der Waals surface area contributed by atoms with E-state index in [-0.39, 0.29) is 0 Å². The zero-order valence-corrected chi connectivity index (χ0v) is 12.4. The molecule has 0 bridgehead atoms. The molecule has 5 heteroatoms. The van der Waals surface area contributed by atoms with Gasteiger partial charge in [-0.1, -0.05) is 48.0 Å². The van der Waals surface area contributed by atoms with E-state index in [2.05, 4.69) is 41.5 Å². The lowest BCUT2D eigenvalue weighted by Gasteiger charge is -2.03. The number of aryl methyl sites for hydroxylation is 1. The lowest BCUT2D eigenvalue weighted by atomic mass is 10.1. The Morgan fingerprint density at radius 1 is 1.14 bits per heavy atom. The Morgan fingerprint density at radius 3 is 2.57 bits per heavy atom. The number of anilines is 1. The van der Waals surface area contributed by atoms with E-state index in [0.29, 0.717) is 10.7 Å². The van der Waals surface area contributed by atoms with Gasteiger partial charge in [-0.25, -0.2) is 4.68 Å². The largest absolute Gasteiger partial charge is 0.399 e. The quantitative estimate of drug-likeness (QED) is 0.750. The minimum Gasteiger partial charge on any atom is -0.399 e. The maximum Gasteiger partial charge on any atom is 0.113 e. The first-order valence-corrected chi connectivity index (χ1v) is 7.12. The van der Waals surface area contributed by atoms with E-state index in [1.165, 1.54) is 5.56 Å². The molecule has 0 radical (unpaired) electrons. The molecule has 0 aliphatic heterocycles. The highest BCUT2D eigenvalue weighted by atomic mass is 35.5. The highest BCUT2D eigenvalue weighted by Crippen LogP contribution is 2.24. The Hall–Kier alpha value is -2.33. The minimum atomic E-state index is 0.549. The number of benzene rings is 2. The maximum atomic E-state index is 6.19. The van der Waals surface area contributed by atoms with Gasteiger partial charge in [-0.2, -0.15) is 0 Å². The average molecular weight is 299 g/mol. The third kappa shape index (κ3) is 2.76. The Labute approximate surface area is 128 Å². The van der Waals surface area contributed by atoms with Gasteiger partial charge >= 0.3 is 0 Å². The van der Waals surface area contributed by atoms with E-state index in [4.69, 9.17) is 17.3 Å².